The number of ether oxygens (including phenoxy) is 3. The minimum Gasteiger partial charge on any atom is -0.497 e. The summed E-state index contributed by atoms with van der Waals surface area (Å²) in [5, 5.41) is 6.75. The molecule has 1 aliphatic rings. The highest BCUT2D eigenvalue weighted by Gasteiger charge is 2.21. The molecule has 0 unspecified atom stereocenters. The van der Waals surface area contributed by atoms with Crippen molar-refractivity contribution in [3.05, 3.63) is 29.8 Å². The van der Waals surface area contributed by atoms with Crippen molar-refractivity contribution in [2.24, 2.45) is 10.9 Å². The molecule has 0 atom stereocenters. The van der Waals surface area contributed by atoms with E-state index >= 15 is 0 Å². The van der Waals surface area contributed by atoms with Crippen LogP contribution in [0.4, 0.5) is 0 Å². The summed E-state index contributed by atoms with van der Waals surface area (Å²) in [6.45, 7) is 12.3. The van der Waals surface area contributed by atoms with Crippen molar-refractivity contribution in [1.82, 2.24) is 10.6 Å². The van der Waals surface area contributed by atoms with Crippen LogP contribution in [0.3, 0.4) is 0 Å². The fraction of sp³-hybridized carbons (Fsp3) is 0.696. The van der Waals surface area contributed by atoms with E-state index in [1.807, 2.05) is 12.1 Å². The van der Waals surface area contributed by atoms with Gasteiger partial charge in [-0.1, -0.05) is 26.0 Å². The molecule has 1 saturated heterocycles. The molecule has 172 valence electrons. The number of aliphatic imine (C=N–C) groups is 1. The molecule has 0 aromatic heterocycles. The summed E-state index contributed by atoms with van der Waals surface area (Å²) >= 11 is 0. The molecule has 0 bridgehead atoms. The van der Waals surface area contributed by atoms with Crippen molar-refractivity contribution in [3.8, 4) is 5.75 Å². The first-order valence-electron chi connectivity index (χ1n) is 10.9. The van der Waals surface area contributed by atoms with Crippen LogP contribution in [0.5, 0.6) is 5.75 Å². The Labute approximate surface area is 199 Å². The van der Waals surface area contributed by atoms with Crippen molar-refractivity contribution >= 4 is 29.9 Å². The van der Waals surface area contributed by atoms with Crippen LogP contribution in [-0.2, 0) is 14.9 Å². The monoisotopic (exact) mass is 533 g/mol. The van der Waals surface area contributed by atoms with Gasteiger partial charge in [-0.2, -0.15) is 0 Å². The van der Waals surface area contributed by atoms with Crippen LogP contribution in [0.2, 0.25) is 0 Å². The Morgan fingerprint density at radius 3 is 2.70 bits per heavy atom. The molecule has 0 saturated carbocycles. The van der Waals surface area contributed by atoms with Gasteiger partial charge in [0.05, 0.1) is 13.7 Å². The zero-order valence-electron chi connectivity index (χ0n) is 19.0. The minimum absolute atomic E-state index is 0. The third-order valence-electron chi connectivity index (χ3n) is 5.28. The number of methoxy groups -OCH3 is 1. The van der Waals surface area contributed by atoms with Crippen LogP contribution in [0.15, 0.2) is 29.3 Å². The lowest BCUT2D eigenvalue weighted by Crippen LogP contribution is -2.39. The molecule has 0 spiro atoms. The number of guanidine groups is 1. The molecule has 0 amide bonds. The number of halogens is 1. The Hall–Kier alpha value is -1.06. The third kappa shape index (κ3) is 9.83. The maximum absolute atomic E-state index is 5.84. The molecule has 2 N–H and O–H groups in total. The number of nitrogens with zero attached hydrogens (tertiary/aromatic N) is 1. The lowest BCUT2D eigenvalue weighted by molar-refractivity contribution is 0.0203. The molecule has 1 aromatic rings. The predicted molar refractivity (Wildman–Crippen MR) is 134 cm³/mol. The van der Waals surface area contributed by atoms with E-state index < -0.39 is 0 Å². The van der Waals surface area contributed by atoms with Gasteiger partial charge < -0.3 is 24.8 Å². The highest BCUT2D eigenvalue weighted by atomic mass is 127. The number of hydrogen-bond acceptors (Lipinski definition) is 4. The van der Waals surface area contributed by atoms with Crippen molar-refractivity contribution in [3.63, 3.8) is 0 Å². The van der Waals surface area contributed by atoms with E-state index in [1.54, 1.807) is 7.11 Å². The SMILES string of the molecule is CCNC(=NCC(C)(C)c1cccc(OC)c1)NCCCOCC1CCOCC1.I. The Morgan fingerprint density at radius 2 is 2.00 bits per heavy atom. The number of benzene rings is 1. The number of rotatable bonds is 11. The Balaban J connectivity index is 0.00000450. The van der Waals surface area contributed by atoms with Crippen molar-refractivity contribution < 1.29 is 14.2 Å². The van der Waals surface area contributed by atoms with E-state index in [-0.39, 0.29) is 29.4 Å². The molecule has 1 heterocycles. The fourth-order valence-corrected chi connectivity index (χ4v) is 3.30. The van der Waals surface area contributed by atoms with Crippen LogP contribution in [-0.4, -0.2) is 59.1 Å². The summed E-state index contributed by atoms with van der Waals surface area (Å²) in [7, 11) is 1.70. The lowest BCUT2D eigenvalue weighted by Gasteiger charge is -2.24. The normalized spacial score (nSPS) is 15.4. The first-order valence-corrected chi connectivity index (χ1v) is 10.9. The summed E-state index contributed by atoms with van der Waals surface area (Å²) in [5.41, 5.74) is 1.14. The second kappa shape index (κ2) is 14.9. The summed E-state index contributed by atoms with van der Waals surface area (Å²) in [5.74, 6) is 2.40. The smallest absolute Gasteiger partial charge is 0.191 e. The van der Waals surface area contributed by atoms with Crippen LogP contribution in [0.1, 0.15) is 45.6 Å². The molecule has 30 heavy (non-hydrogen) atoms. The Morgan fingerprint density at radius 1 is 1.23 bits per heavy atom. The van der Waals surface area contributed by atoms with Crippen molar-refractivity contribution in [2.45, 2.75) is 45.4 Å². The van der Waals surface area contributed by atoms with Gasteiger partial charge in [0.15, 0.2) is 5.96 Å². The number of hydrogen-bond donors (Lipinski definition) is 2. The highest BCUT2D eigenvalue weighted by Crippen LogP contribution is 2.26. The molecule has 1 fully saturated rings. The van der Waals surface area contributed by atoms with E-state index in [0.29, 0.717) is 12.5 Å². The molecule has 0 aliphatic carbocycles. The molecular weight excluding hydrogens is 493 g/mol. The second-order valence-corrected chi connectivity index (χ2v) is 8.22. The molecule has 0 radical (unpaired) electrons. The van der Waals surface area contributed by atoms with Crippen LogP contribution >= 0.6 is 24.0 Å². The molecule has 6 nitrogen and oxygen atoms in total. The van der Waals surface area contributed by atoms with Gasteiger partial charge in [-0.05, 0) is 49.8 Å². The Bertz CT molecular complexity index is 619. The summed E-state index contributed by atoms with van der Waals surface area (Å²) < 4.78 is 16.6. The lowest BCUT2D eigenvalue weighted by atomic mass is 9.85. The van der Waals surface area contributed by atoms with Gasteiger partial charge in [-0.25, -0.2) is 0 Å². The van der Waals surface area contributed by atoms with Gasteiger partial charge in [-0.15, -0.1) is 24.0 Å². The molecule has 1 aromatic carbocycles. The van der Waals surface area contributed by atoms with Gasteiger partial charge in [0.1, 0.15) is 5.75 Å². The van der Waals surface area contributed by atoms with Gasteiger partial charge in [0.2, 0.25) is 0 Å². The van der Waals surface area contributed by atoms with E-state index in [1.165, 1.54) is 5.56 Å². The van der Waals surface area contributed by atoms with Gasteiger partial charge >= 0.3 is 0 Å². The molecule has 1 aliphatic heterocycles. The van der Waals surface area contributed by atoms with Gasteiger partial charge in [0, 0.05) is 44.9 Å². The van der Waals surface area contributed by atoms with Crippen LogP contribution < -0.4 is 15.4 Å². The van der Waals surface area contributed by atoms with E-state index in [0.717, 1.165) is 70.5 Å². The van der Waals surface area contributed by atoms with Crippen molar-refractivity contribution in [2.75, 3.05) is 53.2 Å². The molecule has 7 heteroatoms. The number of nitrogens with one attached hydrogen (secondary N) is 2. The van der Waals surface area contributed by atoms with E-state index in [4.69, 9.17) is 19.2 Å². The standard InChI is InChI=1S/C23H39N3O3.HI/c1-5-24-22(25-12-7-13-29-17-19-10-14-28-15-11-19)26-18-23(2,3)20-8-6-9-21(16-20)27-4;/h6,8-9,16,19H,5,7,10-15,17-18H2,1-4H3,(H2,24,25,26);1H. The zero-order valence-corrected chi connectivity index (χ0v) is 21.4. The minimum atomic E-state index is -0.0796. The van der Waals surface area contributed by atoms with Gasteiger partial charge in [-0.3, -0.25) is 4.99 Å². The molecular formula is C23H40IN3O3. The van der Waals surface area contributed by atoms with E-state index in [9.17, 15) is 0 Å². The summed E-state index contributed by atoms with van der Waals surface area (Å²) in [6.07, 6.45) is 3.21. The zero-order chi connectivity index (χ0) is 21.0. The predicted octanol–water partition coefficient (Wildman–Crippen LogP) is 3.98. The average molecular weight is 533 g/mol. The maximum Gasteiger partial charge on any atom is 0.191 e. The van der Waals surface area contributed by atoms with E-state index in [2.05, 4.69) is 43.5 Å². The second-order valence-electron chi connectivity index (χ2n) is 8.22. The topological polar surface area (TPSA) is 64.1 Å². The van der Waals surface area contributed by atoms with Crippen LogP contribution in [0.25, 0.3) is 0 Å². The molecule has 2 rings (SSSR count). The highest BCUT2D eigenvalue weighted by molar-refractivity contribution is 14.0. The quantitative estimate of drug-likeness (QED) is 0.195. The first-order chi connectivity index (χ1) is 14.0. The van der Waals surface area contributed by atoms with Gasteiger partial charge in [0.25, 0.3) is 0 Å². The first kappa shape index (κ1) is 27.0. The fourth-order valence-electron chi connectivity index (χ4n) is 3.30. The summed E-state index contributed by atoms with van der Waals surface area (Å²) in [6, 6.07) is 8.22. The maximum atomic E-state index is 5.84. The Kier molecular flexibility index (Phi) is 13.4. The average Bonchev–Trinajstić information content (AvgIpc) is 2.75. The summed E-state index contributed by atoms with van der Waals surface area (Å²) in [4.78, 5) is 4.81. The third-order valence-corrected chi connectivity index (χ3v) is 5.28. The largest absolute Gasteiger partial charge is 0.497 e. The van der Waals surface area contributed by atoms with Crippen LogP contribution in [0, 0.1) is 5.92 Å². The van der Waals surface area contributed by atoms with Crippen molar-refractivity contribution in [1.29, 1.82) is 0 Å².